The summed E-state index contributed by atoms with van der Waals surface area (Å²) in [6, 6.07) is 17.8. The molecule has 10 nitrogen and oxygen atoms in total. The number of rotatable bonds is 11. The maximum atomic E-state index is 13.5. The van der Waals surface area contributed by atoms with Crippen molar-refractivity contribution in [3.05, 3.63) is 92.6 Å². The zero-order valence-corrected chi connectivity index (χ0v) is 24.2. The first kappa shape index (κ1) is 29.5. The Kier molecular flexibility index (Phi) is 9.76. The van der Waals surface area contributed by atoms with Crippen LogP contribution in [-0.2, 0) is 32.7 Å². The second-order valence-electron chi connectivity index (χ2n) is 8.59. The van der Waals surface area contributed by atoms with Crippen LogP contribution < -0.4 is 15.4 Å². The highest BCUT2D eigenvalue weighted by atomic mass is 35.5. The first-order valence-corrected chi connectivity index (χ1v) is 15.3. The molecule has 2 heterocycles. The molecular weight excluding hydrogens is 596 g/mol. The van der Waals surface area contributed by atoms with E-state index < -0.39 is 34.4 Å². The SMILES string of the molecule is COC(=O)N[C@@H](Cc1ccccc1)C(=O)NC(Cc1ccc(NS(=O)(=O)O)cc1)c1nc(-c2ccc(Cl)s2)cs1. The fraction of sp³-hybridized carbons (Fsp3) is 0.192. The molecule has 0 bridgehead atoms. The van der Waals surface area contributed by atoms with Gasteiger partial charge in [0.2, 0.25) is 5.91 Å². The summed E-state index contributed by atoms with van der Waals surface area (Å²) >= 11 is 8.86. The van der Waals surface area contributed by atoms with Crippen molar-refractivity contribution in [3.63, 3.8) is 0 Å². The number of hydrogen-bond donors (Lipinski definition) is 4. The van der Waals surface area contributed by atoms with Gasteiger partial charge < -0.3 is 15.4 Å². The number of halogens is 1. The summed E-state index contributed by atoms with van der Waals surface area (Å²) in [4.78, 5) is 31.2. The lowest BCUT2D eigenvalue weighted by Gasteiger charge is -2.22. The largest absolute Gasteiger partial charge is 0.453 e. The van der Waals surface area contributed by atoms with E-state index in [1.807, 2.05) is 46.5 Å². The Labute approximate surface area is 244 Å². The van der Waals surface area contributed by atoms with Gasteiger partial charge in [0.15, 0.2) is 0 Å². The van der Waals surface area contributed by atoms with Crippen LogP contribution in [0.4, 0.5) is 10.5 Å². The zero-order chi connectivity index (χ0) is 28.7. The summed E-state index contributed by atoms with van der Waals surface area (Å²) in [5.41, 5.74) is 2.52. The van der Waals surface area contributed by atoms with Gasteiger partial charge in [0, 0.05) is 11.8 Å². The average molecular weight is 621 g/mol. The molecule has 0 aliphatic heterocycles. The van der Waals surface area contributed by atoms with Crippen LogP contribution in [0.25, 0.3) is 10.6 Å². The highest BCUT2D eigenvalue weighted by Crippen LogP contribution is 2.33. The Balaban J connectivity index is 1.60. The number of nitrogens with one attached hydrogen (secondary N) is 3. The van der Waals surface area contributed by atoms with Gasteiger partial charge in [-0.3, -0.25) is 14.1 Å². The number of anilines is 1. The number of aromatic nitrogens is 1. The number of ether oxygens (including phenoxy) is 1. The van der Waals surface area contributed by atoms with Gasteiger partial charge in [-0.05, 0) is 41.8 Å². The standard InChI is InChI=1S/C26H25ClN4O6S3/c1-37-26(33)30-19(13-16-5-3-2-4-6-16)24(32)28-20(14-17-7-9-18(10-8-17)31-40(34,35)36)25-29-21(15-38-25)22-11-12-23(27)39-22/h2-12,15,19-20,31H,13-14H2,1H3,(H,28,32)(H,30,33)(H,34,35,36)/t19-,20?/m0/s1. The molecule has 0 radical (unpaired) electrons. The van der Waals surface area contributed by atoms with E-state index in [1.54, 1.807) is 18.2 Å². The fourth-order valence-corrected chi connectivity index (χ4v) is 6.22. The molecular formula is C26H25ClN4O6S3. The average Bonchev–Trinajstić information content (AvgIpc) is 3.58. The summed E-state index contributed by atoms with van der Waals surface area (Å²) in [5.74, 6) is -0.431. The van der Waals surface area contributed by atoms with Crippen LogP contribution in [0.1, 0.15) is 22.2 Å². The molecule has 40 heavy (non-hydrogen) atoms. The molecule has 0 aliphatic carbocycles. The van der Waals surface area contributed by atoms with Gasteiger partial charge in [0.1, 0.15) is 11.0 Å². The number of carbonyl (C=O) groups excluding carboxylic acids is 2. The van der Waals surface area contributed by atoms with Crippen molar-refractivity contribution < 1.29 is 27.3 Å². The molecule has 4 N–H and O–H groups in total. The van der Waals surface area contributed by atoms with E-state index in [1.165, 1.54) is 41.9 Å². The zero-order valence-electron chi connectivity index (χ0n) is 21.0. The quantitative estimate of drug-likeness (QED) is 0.170. The molecule has 0 saturated carbocycles. The van der Waals surface area contributed by atoms with Crippen molar-refractivity contribution in [1.82, 2.24) is 15.6 Å². The third kappa shape index (κ3) is 8.50. The number of thiazole rings is 1. The molecule has 2 aromatic carbocycles. The van der Waals surface area contributed by atoms with E-state index >= 15 is 0 Å². The van der Waals surface area contributed by atoms with Crippen molar-refractivity contribution >= 4 is 62.3 Å². The highest BCUT2D eigenvalue weighted by Gasteiger charge is 2.27. The Morgan fingerprint density at radius 3 is 2.33 bits per heavy atom. The molecule has 4 aromatic rings. The van der Waals surface area contributed by atoms with E-state index in [2.05, 4.69) is 10.6 Å². The third-order valence-electron chi connectivity index (χ3n) is 5.68. The van der Waals surface area contributed by atoms with Crippen LogP contribution in [0.5, 0.6) is 0 Å². The normalized spacial score (nSPS) is 12.8. The van der Waals surface area contributed by atoms with E-state index in [0.29, 0.717) is 15.8 Å². The van der Waals surface area contributed by atoms with Gasteiger partial charge in [0.25, 0.3) is 0 Å². The number of carbonyl (C=O) groups is 2. The van der Waals surface area contributed by atoms with Gasteiger partial charge in [-0.15, -0.1) is 22.7 Å². The van der Waals surface area contributed by atoms with E-state index in [9.17, 15) is 18.0 Å². The Morgan fingerprint density at radius 1 is 1.00 bits per heavy atom. The molecule has 2 aromatic heterocycles. The first-order valence-electron chi connectivity index (χ1n) is 11.8. The van der Waals surface area contributed by atoms with Crippen molar-refractivity contribution in [2.24, 2.45) is 0 Å². The second kappa shape index (κ2) is 13.2. The lowest BCUT2D eigenvalue weighted by atomic mass is 10.0. The highest BCUT2D eigenvalue weighted by molar-refractivity contribution is 7.87. The maximum Gasteiger partial charge on any atom is 0.407 e. The van der Waals surface area contributed by atoms with Crippen molar-refractivity contribution in [2.75, 3.05) is 11.8 Å². The van der Waals surface area contributed by atoms with Gasteiger partial charge in [0.05, 0.1) is 33.7 Å². The number of alkyl carbamates (subject to hydrolysis) is 1. The Bertz CT molecular complexity index is 1560. The Morgan fingerprint density at radius 2 is 1.70 bits per heavy atom. The lowest BCUT2D eigenvalue weighted by Crippen LogP contribution is -2.49. The predicted molar refractivity (Wildman–Crippen MR) is 156 cm³/mol. The van der Waals surface area contributed by atoms with Gasteiger partial charge >= 0.3 is 16.4 Å². The number of thiophene rings is 1. The van der Waals surface area contributed by atoms with E-state index in [-0.39, 0.29) is 12.1 Å². The molecule has 14 heteroatoms. The Hall–Kier alpha value is -3.49. The number of amides is 2. The minimum atomic E-state index is -4.41. The predicted octanol–water partition coefficient (Wildman–Crippen LogP) is 5.11. The molecule has 210 valence electrons. The fourth-order valence-electron chi connectivity index (χ4n) is 3.84. The van der Waals surface area contributed by atoms with Crippen molar-refractivity contribution in [1.29, 1.82) is 0 Å². The third-order valence-corrected chi connectivity index (χ3v) is 8.39. The minimum Gasteiger partial charge on any atom is -0.453 e. The number of methoxy groups -OCH3 is 1. The topological polar surface area (TPSA) is 147 Å². The molecule has 0 saturated heterocycles. The smallest absolute Gasteiger partial charge is 0.407 e. The van der Waals surface area contributed by atoms with Crippen LogP contribution in [0.3, 0.4) is 0 Å². The minimum absolute atomic E-state index is 0.183. The van der Waals surface area contributed by atoms with Crippen LogP contribution in [0.15, 0.2) is 72.1 Å². The van der Waals surface area contributed by atoms with E-state index in [4.69, 9.17) is 25.9 Å². The van der Waals surface area contributed by atoms with Crippen LogP contribution in [-0.4, -0.2) is 43.1 Å². The van der Waals surface area contributed by atoms with Gasteiger partial charge in [-0.1, -0.05) is 54.1 Å². The monoisotopic (exact) mass is 620 g/mol. The van der Waals surface area contributed by atoms with Crippen LogP contribution >= 0.6 is 34.3 Å². The summed E-state index contributed by atoms with van der Waals surface area (Å²) < 4.78 is 38.6. The summed E-state index contributed by atoms with van der Waals surface area (Å²) in [6.07, 6.45) is -0.186. The summed E-state index contributed by atoms with van der Waals surface area (Å²) in [6.45, 7) is 0. The van der Waals surface area contributed by atoms with Crippen molar-refractivity contribution in [3.8, 4) is 10.6 Å². The van der Waals surface area contributed by atoms with Crippen LogP contribution in [0.2, 0.25) is 4.34 Å². The molecule has 4 rings (SSSR count). The van der Waals surface area contributed by atoms with Gasteiger partial charge in [-0.2, -0.15) is 8.42 Å². The summed E-state index contributed by atoms with van der Waals surface area (Å²) in [5, 5.41) is 8.13. The van der Waals surface area contributed by atoms with Crippen LogP contribution in [0, 0.1) is 0 Å². The number of benzene rings is 2. The molecule has 0 spiro atoms. The molecule has 0 aliphatic rings. The number of nitrogens with zero attached hydrogens (tertiary/aromatic N) is 1. The first-order chi connectivity index (χ1) is 19.1. The second-order valence-corrected chi connectivity index (χ2v) is 12.4. The van der Waals surface area contributed by atoms with Gasteiger partial charge in [-0.25, -0.2) is 9.78 Å². The van der Waals surface area contributed by atoms with E-state index in [0.717, 1.165) is 21.7 Å². The maximum absolute atomic E-state index is 13.5. The lowest BCUT2D eigenvalue weighted by molar-refractivity contribution is -0.123. The molecule has 1 unspecified atom stereocenters. The number of hydrogen-bond acceptors (Lipinski definition) is 8. The molecule has 2 amide bonds. The van der Waals surface area contributed by atoms with Crippen molar-refractivity contribution in [2.45, 2.75) is 24.9 Å². The summed E-state index contributed by atoms with van der Waals surface area (Å²) in [7, 11) is -3.18. The molecule has 0 fully saturated rings. The molecule has 2 atom stereocenters.